The molecule has 0 heterocycles. The number of hydrogen-bond donors (Lipinski definition) is 1. The van der Waals surface area contributed by atoms with Crippen molar-refractivity contribution in [1.29, 1.82) is 0 Å². The Balaban J connectivity index is 2.41. The molecule has 2 fully saturated rings. The molecule has 2 atom stereocenters. The molecule has 0 unspecified atom stereocenters. The molecule has 2 aliphatic carbocycles. The van der Waals surface area contributed by atoms with Gasteiger partial charge in [-0.3, -0.25) is 4.99 Å². The smallest absolute Gasteiger partial charge is 0.292 e. The molecule has 2 rings (SSSR count). The Hall–Kier alpha value is -1.07. The number of rotatable bonds is 3. The van der Waals surface area contributed by atoms with Crippen molar-refractivity contribution in [3.05, 3.63) is 11.3 Å². The summed E-state index contributed by atoms with van der Waals surface area (Å²) in [5.74, 6) is -4.48. The molecule has 0 aromatic heterocycles. The summed E-state index contributed by atoms with van der Waals surface area (Å²) in [6, 6.07) is 0. The SMILES string of the molecule is CCCN=C1/C(=C(\N)C(F)F)[C@H]2C[C@H]2C1(F)F. The molecule has 0 spiro atoms. The first-order valence-corrected chi connectivity index (χ1v) is 5.62. The molecule has 96 valence electrons. The maximum atomic E-state index is 13.8. The first-order valence-electron chi connectivity index (χ1n) is 5.62. The van der Waals surface area contributed by atoms with Crippen molar-refractivity contribution in [2.75, 3.05) is 6.54 Å². The third-order valence-electron chi connectivity index (χ3n) is 3.24. The van der Waals surface area contributed by atoms with E-state index in [0.717, 1.165) is 0 Å². The van der Waals surface area contributed by atoms with Gasteiger partial charge in [0.05, 0.1) is 5.70 Å². The van der Waals surface area contributed by atoms with E-state index in [2.05, 4.69) is 4.99 Å². The first kappa shape index (κ1) is 12.4. The Kier molecular flexibility index (Phi) is 2.91. The van der Waals surface area contributed by atoms with Crippen LogP contribution in [0.4, 0.5) is 17.6 Å². The monoisotopic (exact) mass is 250 g/mol. The number of fused-ring (bicyclic) bond motifs is 1. The van der Waals surface area contributed by atoms with Crippen molar-refractivity contribution in [2.45, 2.75) is 32.1 Å². The molecule has 0 amide bonds. The van der Waals surface area contributed by atoms with Gasteiger partial charge in [-0.1, -0.05) is 6.92 Å². The summed E-state index contributed by atoms with van der Waals surface area (Å²) in [7, 11) is 0. The Labute approximate surface area is 96.6 Å². The zero-order valence-electron chi connectivity index (χ0n) is 9.39. The number of halogens is 4. The largest absolute Gasteiger partial charge is 0.397 e. The maximum absolute atomic E-state index is 13.8. The van der Waals surface area contributed by atoms with E-state index in [4.69, 9.17) is 5.73 Å². The highest BCUT2D eigenvalue weighted by atomic mass is 19.3. The predicted octanol–water partition coefficient (Wildman–Crippen LogP) is 2.60. The van der Waals surface area contributed by atoms with Gasteiger partial charge in [0, 0.05) is 18.0 Å². The average molecular weight is 250 g/mol. The standard InChI is InChI=1S/C11H14F4N2/c1-2-3-17-9-7(8(16)10(12)13)5-4-6(5)11(9,14)15/h5-6,10H,2-4,16H2,1H3/b8-7-,17-9?/t5-,6+/m0/s1. The van der Waals surface area contributed by atoms with Crippen LogP contribution in [0.2, 0.25) is 0 Å². The minimum Gasteiger partial charge on any atom is -0.397 e. The Morgan fingerprint density at radius 2 is 2.18 bits per heavy atom. The normalized spacial score (nSPS) is 35.3. The van der Waals surface area contributed by atoms with E-state index < -0.39 is 35.6 Å². The lowest BCUT2D eigenvalue weighted by atomic mass is 10.0. The molecule has 0 aromatic rings. The fourth-order valence-corrected chi connectivity index (χ4v) is 2.33. The Morgan fingerprint density at radius 1 is 1.53 bits per heavy atom. The summed E-state index contributed by atoms with van der Waals surface area (Å²) < 4.78 is 52.6. The van der Waals surface area contributed by atoms with E-state index >= 15 is 0 Å². The van der Waals surface area contributed by atoms with Gasteiger partial charge < -0.3 is 5.73 Å². The quantitative estimate of drug-likeness (QED) is 0.768. The summed E-state index contributed by atoms with van der Waals surface area (Å²) in [6.45, 7) is 2.00. The van der Waals surface area contributed by atoms with Gasteiger partial charge in [0.25, 0.3) is 12.3 Å². The van der Waals surface area contributed by atoms with E-state index in [-0.39, 0.29) is 18.5 Å². The number of alkyl halides is 4. The first-order chi connectivity index (χ1) is 7.91. The predicted molar refractivity (Wildman–Crippen MR) is 56.4 cm³/mol. The maximum Gasteiger partial charge on any atom is 0.292 e. The summed E-state index contributed by atoms with van der Waals surface area (Å²) in [5.41, 5.74) is 3.91. The van der Waals surface area contributed by atoms with Crippen molar-refractivity contribution in [1.82, 2.24) is 0 Å². The minimum absolute atomic E-state index is 0.0940. The molecule has 0 bridgehead atoms. The van der Waals surface area contributed by atoms with E-state index in [1.165, 1.54) is 0 Å². The third-order valence-corrected chi connectivity index (χ3v) is 3.24. The molecule has 0 radical (unpaired) electrons. The van der Waals surface area contributed by atoms with E-state index in [1.807, 2.05) is 0 Å². The van der Waals surface area contributed by atoms with Gasteiger partial charge in [-0.05, 0) is 18.8 Å². The molecule has 2 aliphatic rings. The molecule has 17 heavy (non-hydrogen) atoms. The number of aliphatic imine (C=N–C) groups is 1. The van der Waals surface area contributed by atoms with Crippen LogP contribution in [0.5, 0.6) is 0 Å². The van der Waals surface area contributed by atoms with Crippen molar-refractivity contribution in [2.24, 2.45) is 22.6 Å². The van der Waals surface area contributed by atoms with Crippen LogP contribution in [0.25, 0.3) is 0 Å². The lowest BCUT2D eigenvalue weighted by Gasteiger charge is -2.16. The Morgan fingerprint density at radius 3 is 2.71 bits per heavy atom. The van der Waals surface area contributed by atoms with E-state index in [9.17, 15) is 17.6 Å². The highest BCUT2D eigenvalue weighted by Gasteiger charge is 2.67. The van der Waals surface area contributed by atoms with E-state index in [0.29, 0.717) is 6.42 Å². The number of hydrogen-bond acceptors (Lipinski definition) is 2. The fraction of sp³-hybridized carbons (Fsp3) is 0.727. The van der Waals surface area contributed by atoms with Crippen LogP contribution in [0.3, 0.4) is 0 Å². The summed E-state index contributed by atoms with van der Waals surface area (Å²) in [6.07, 6.45) is -2.07. The lowest BCUT2D eigenvalue weighted by molar-refractivity contribution is 0.0577. The van der Waals surface area contributed by atoms with Crippen LogP contribution >= 0.6 is 0 Å². The molecule has 6 heteroatoms. The average Bonchev–Trinajstić information content (AvgIpc) is 2.99. The molecule has 2 N–H and O–H groups in total. The Bertz CT molecular complexity index is 387. The van der Waals surface area contributed by atoms with Gasteiger partial charge in [-0.2, -0.15) is 8.78 Å². The summed E-state index contributed by atoms with van der Waals surface area (Å²) >= 11 is 0. The zero-order chi connectivity index (χ0) is 12.8. The fourth-order valence-electron chi connectivity index (χ4n) is 2.33. The van der Waals surface area contributed by atoms with Gasteiger partial charge in [-0.25, -0.2) is 8.78 Å². The number of nitrogens with zero attached hydrogens (tertiary/aromatic N) is 1. The molecule has 2 nitrogen and oxygen atoms in total. The number of nitrogens with two attached hydrogens (primary N) is 1. The van der Waals surface area contributed by atoms with Gasteiger partial charge in [0.1, 0.15) is 5.71 Å². The highest BCUT2D eigenvalue weighted by Crippen LogP contribution is 2.61. The number of allylic oxidation sites excluding steroid dienone is 2. The van der Waals surface area contributed by atoms with E-state index in [1.54, 1.807) is 6.92 Å². The van der Waals surface area contributed by atoms with Crippen LogP contribution in [-0.2, 0) is 0 Å². The second-order valence-corrected chi connectivity index (χ2v) is 4.47. The lowest BCUT2D eigenvalue weighted by Crippen LogP contribution is -2.30. The molecule has 0 aliphatic heterocycles. The van der Waals surface area contributed by atoms with Crippen LogP contribution in [-0.4, -0.2) is 24.6 Å². The highest BCUT2D eigenvalue weighted by molar-refractivity contribution is 6.10. The summed E-state index contributed by atoms with van der Waals surface area (Å²) in [4.78, 5) is 3.76. The van der Waals surface area contributed by atoms with Gasteiger partial charge in [0.15, 0.2) is 0 Å². The molecule has 2 saturated carbocycles. The molecule has 0 aromatic carbocycles. The second kappa shape index (κ2) is 3.99. The zero-order valence-corrected chi connectivity index (χ0v) is 9.39. The van der Waals surface area contributed by atoms with Gasteiger partial charge in [-0.15, -0.1) is 0 Å². The molecule has 0 saturated heterocycles. The molecular formula is C11H14F4N2. The summed E-state index contributed by atoms with van der Waals surface area (Å²) in [5, 5.41) is 0. The van der Waals surface area contributed by atoms with Crippen molar-refractivity contribution >= 4 is 5.71 Å². The van der Waals surface area contributed by atoms with Crippen LogP contribution in [0.15, 0.2) is 16.3 Å². The van der Waals surface area contributed by atoms with Crippen molar-refractivity contribution in [3.63, 3.8) is 0 Å². The minimum atomic E-state index is -3.09. The van der Waals surface area contributed by atoms with Crippen molar-refractivity contribution < 1.29 is 17.6 Å². The third kappa shape index (κ3) is 1.83. The topological polar surface area (TPSA) is 38.4 Å². The van der Waals surface area contributed by atoms with Gasteiger partial charge in [0.2, 0.25) is 0 Å². The van der Waals surface area contributed by atoms with Crippen molar-refractivity contribution in [3.8, 4) is 0 Å². The molecular weight excluding hydrogens is 236 g/mol. The second-order valence-electron chi connectivity index (χ2n) is 4.47. The van der Waals surface area contributed by atoms with Crippen LogP contribution < -0.4 is 5.73 Å². The van der Waals surface area contributed by atoms with Gasteiger partial charge >= 0.3 is 0 Å². The van der Waals surface area contributed by atoms with Crippen LogP contribution in [0.1, 0.15) is 19.8 Å². The van der Waals surface area contributed by atoms with Crippen LogP contribution in [0, 0.1) is 11.8 Å².